The van der Waals surface area contributed by atoms with Gasteiger partial charge in [-0.25, -0.2) is 0 Å². The Hall–Kier alpha value is -0.840. The maximum atomic E-state index is 6.25. The number of rotatable bonds is 5. The smallest absolute Gasteiger partial charge is 0.140 e. The average molecular weight is 399 g/mol. The Bertz CT molecular complexity index is 574. The molecule has 0 aliphatic heterocycles. The highest BCUT2D eigenvalue weighted by Gasteiger charge is 2.22. The first-order valence-corrected chi connectivity index (χ1v) is 8.12. The summed E-state index contributed by atoms with van der Waals surface area (Å²) in [6.07, 6.45) is 0.671. The van der Waals surface area contributed by atoms with E-state index in [2.05, 4.69) is 38.8 Å². The first-order chi connectivity index (χ1) is 9.61. The number of hydrogen-bond acceptors (Lipinski definition) is 2. The van der Waals surface area contributed by atoms with Crippen molar-refractivity contribution in [3.63, 3.8) is 0 Å². The van der Waals surface area contributed by atoms with E-state index >= 15 is 0 Å². The summed E-state index contributed by atoms with van der Waals surface area (Å²) in [5, 5.41) is 0. The van der Waals surface area contributed by atoms with Gasteiger partial charge in [-0.1, -0.05) is 63.0 Å². The van der Waals surface area contributed by atoms with Crippen molar-refractivity contribution in [1.82, 2.24) is 0 Å². The molecule has 106 valence electrons. The maximum Gasteiger partial charge on any atom is 0.140 e. The standard InChI is InChI=1S/C16H17Br2NO/c1-2-15(19)16(13-8-3-4-9-14(13)18)20-12-7-5-6-11(17)10-12/h3-10,15-16H,2,19H2,1H3. The molecule has 0 spiro atoms. The van der Waals surface area contributed by atoms with Crippen LogP contribution >= 0.6 is 31.9 Å². The molecule has 2 atom stereocenters. The van der Waals surface area contributed by atoms with E-state index in [1.165, 1.54) is 0 Å². The third-order valence-corrected chi connectivity index (χ3v) is 4.35. The lowest BCUT2D eigenvalue weighted by molar-refractivity contribution is 0.170. The van der Waals surface area contributed by atoms with E-state index in [0.717, 1.165) is 26.7 Å². The molecule has 2 unspecified atom stereocenters. The average Bonchev–Trinajstić information content (AvgIpc) is 2.45. The zero-order chi connectivity index (χ0) is 14.5. The van der Waals surface area contributed by atoms with Gasteiger partial charge in [-0.05, 0) is 30.7 Å². The maximum absolute atomic E-state index is 6.25. The van der Waals surface area contributed by atoms with Crippen LogP contribution in [0.25, 0.3) is 0 Å². The lowest BCUT2D eigenvalue weighted by Crippen LogP contribution is -2.31. The highest BCUT2D eigenvalue weighted by Crippen LogP contribution is 2.31. The molecule has 0 radical (unpaired) electrons. The molecule has 0 aliphatic rings. The zero-order valence-electron chi connectivity index (χ0n) is 11.2. The van der Waals surface area contributed by atoms with Crippen LogP contribution in [0.3, 0.4) is 0 Å². The van der Waals surface area contributed by atoms with Crippen LogP contribution in [0.15, 0.2) is 57.5 Å². The van der Waals surface area contributed by atoms with Crippen LogP contribution in [0.1, 0.15) is 25.0 Å². The summed E-state index contributed by atoms with van der Waals surface area (Å²) in [5.74, 6) is 0.809. The van der Waals surface area contributed by atoms with Gasteiger partial charge in [0.25, 0.3) is 0 Å². The van der Waals surface area contributed by atoms with Crippen molar-refractivity contribution in [1.29, 1.82) is 0 Å². The SMILES string of the molecule is CCC(N)C(Oc1cccc(Br)c1)c1ccccc1Br. The van der Waals surface area contributed by atoms with Crippen molar-refractivity contribution in [2.45, 2.75) is 25.5 Å². The predicted molar refractivity (Wildman–Crippen MR) is 89.9 cm³/mol. The molecule has 4 heteroatoms. The van der Waals surface area contributed by atoms with Gasteiger partial charge in [0.05, 0.1) is 0 Å². The fraction of sp³-hybridized carbons (Fsp3) is 0.250. The molecule has 2 aromatic rings. The Kier molecular flexibility index (Phi) is 5.64. The van der Waals surface area contributed by atoms with Gasteiger partial charge in [0, 0.05) is 20.6 Å². The zero-order valence-corrected chi connectivity index (χ0v) is 14.4. The number of halogens is 2. The van der Waals surface area contributed by atoms with Gasteiger partial charge in [-0.15, -0.1) is 0 Å². The minimum absolute atomic E-state index is 0.0623. The van der Waals surface area contributed by atoms with Crippen LogP contribution in [0, 0.1) is 0 Å². The normalized spacial score (nSPS) is 13.8. The molecule has 0 fully saturated rings. The van der Waals surface area contributed by atoms with E-state index < -0.39 is 0 Å². The van der Waals surface area contributed by atoms with E-state index in [0.29, 0.717) is 0 Å². The lowest BCUT2D eigenvalue weighted by Gasteiger charge is -2.25. The van der Waals surface area contributed by atoms with Gasteiger partial charge in [0.15, 0.2) is 0 Å². The minimum atomic E-state index is -0.176. The summed E-state index contributed by atoms with van der Waals surface area (Å²) in [7, 11) is 0. The van der Waals surface area contributed by atoms with Gasteiger partial charge in [-0.2, -0.15) is 0 Å². The summed E-state index contributed by atoms with van der Waals surface area (Å²) in [5.41, 5.74) is 7.32. The molecule has 2 N–H and O–H groups in total. The molecule has 0 aliphatic carbocycles. The van der Waals surface area contributed by atoms with Crippen molar-refractivity contribution >= 4 is 31.9 Å². The van der Waals surface area contributed by atoms with Crippen molar-refractivity contribution < 1.29 is 4.74 Å². The van der Waals surface area contributed by atoms with Crippen LogP contribution < -0.4 is 10.5 Å². The van der Waals surface area contributed by atoms with Crippen LogP contribution in [0.4, 0.5) is 0 Å². The minimum Gasteiger partial charge on any atom is -0.484 e. The number of benzene rings is 2. The monoisotopic (exact) mass is 397 g/mol. The first kappa shape index (κ1) is 15.5. The highest BCUT2D eigenvalue weighted by atomic mass is 79.9. The molecule has 0 saturated carbocycles. The van der Waals surface area contributed by atoms with E-state index in [4.69, 9.17) is 10.5 Å². The highest BCUT2D eigenvalue weighted by molar-refractivity contribution is 9.10. The van der Waals surface area contributed by atoms with E-state index in [1.54, 1.807) is 0 Å². The fourth-order valence-corrected chi connectivity index (χ4v) is 2.88. The van der Waals surface area contributed by atoms with Gasteiger partial charge in [0.1, 0.15) is 11.9 Å². The van der Waals surface area contributed by atoms with E-state index in [9.17, 15) is 0 Å². The molecule has 2 nitrogen and oxygen atoms in total. The lowest BCUT2D eigenvalue weighted by atomic mass is 10.0. The number of hydrogen-bond donors (Lipinski definition) is 1. The molecular formula is C16H17Br2NO. The third kappa shape index (κ3) is 3.84. The second-order valence-corrected chi connectivity index (χ2v) is 6.36. The summed E-state index contributed by atoms with van der Waals surface area (Å²) < 4.78 is 8.14. The van der Waals surface area contributed by atoms with Gasteiger partial charge < -0.3 is 10.5 Å². The van der Waals surface area contributed by atoms with Crippen molar-refractivity contribution in [3.05, 3.63) is 63.0 Å². The van der Waals surface area contributed by atoms with Crippen molar-refractivity contribution in [2.75, 3.05) is 0 Å². The molecule has 2 rings (SSSR count). The molecular weight excluding hydrogens is 382 g/mol. The van der Waals surface area contributed by atoms with Crippen LogP contribution in [-0.2, 0) is 0 Å². The summed E-state index contributed by atoms with van der Waals surface area (Å²) in [4.78, 5) is 0. The Morgan fingerprint density at radius 2 is 1.85 bits per heavy atom. The van der Waals surface area contributed by atoms with Crippen molar-refractivity contribution in [2.24, 2.45) is 5.73 Å². The van der Waals surface area contributed by atoms with Gasteiger partial charge in [0.2, 0.25) is 0 Å². The van der Waals surface area contributed by atoms with E-state index in [1.807, 2.05) is 48.5 Å². The van der Waals surface area contributed by atoms with Crippen molar-refractivity contribution in [3.8, 4) is 5.75 Å². The van der Waals surface area contributed by atoms with E-state index in [-0.39, 0.29) is 12.1 Å². The number of ether oxygens (including phenoxy) is 1. The number of nitrogens with two attached hydrogens (primary N) is 1. The van der Waals surface area contributed by atoms with Gasteiger partial charge in [-0.3, -0.25) is 0 Å². The summed E-state index contributed by atoms with van der Waals surface area (Å²) in [6, 6.07) is 15.8. The Labute approximate surface area is 136 Å². The third-order valence-electron chi connectivity index (χ3n) is 3.13. The second-order valence-electron chi connectivity index (χ2n) is 4.59. The Balaban J connectivity index is 2.32. The van der Waals surface area contributed by atoms with Gasteiger partial charge >= 0.3 is 0 Å². The summed E-state index contributed by atoms with van der Waals surface area (Å²) in [6.45, 7) is 2.07. The molecule has 0 heterocycles. The van der Waals surface area contributed by atoms with Crippen LogP contribution in [-0.4, -0.2) is 6.04 Å². The molecule has 2 aromatic carbocycles. The Morgan fingerprint density at radius 3 is 2.50 bits per heavy atom. The molecule has 0 saturated heterocycles. The molecule has 0 aromatic heterocycles. The Morgan fingerprint density at radius 1 is 1.10 bits per heavy atom. The molecule has 0 amide bonds. The van der Waals surface area contributed by atoms with Crippen LogP contribution in [0.5, 0.6) is 5.75 Å². The quantitative estimate of drug-likeness (QED) is 0.762. The first-order valence-electron chi connectivity index (χ1n) is 6.54. The molecule has 20 heavy (non-hydrogen) atoms. The topological polar surface area (TPSA) is 35.2 Å². The largest absolute Gasteiger partial charge is 0.484 e. The fourth-order valence-electron chi connectivity index (χ4n) is 1.99. The second kappa shape index (κ2) is 7.25. The predicted octanol–water partition coefficient (Wildman–Crippen LogP) is 5.07. The van der Waals surface area contributed by atoms with Crippen LogP contribution in [0.2, 0.25) is 0 Å². The summed E-state index contributed by atoms with van der Waals surface area (Å²) >= 11 is 7.03. The molecule has 0 bridgehead atoms.